The average Bonchev–Trinajstić information content (AvgIpc) is 2.24. The number of hydrogen-bond acceptors (Lipinski definition) is 2. The van der Waals surface area contributed by atoms with E-state index >= 15 is 0 Å². The molecule has 4 heteroatoms. The van der Waals surface area contributed by atoms with Gasteiger partial charge in [-0.1, -0.05) is 20.8 Å². The molecule has 0 aliphatic heterocycles. The van der Waals surface area contributed by atoms with Crippen molar-refractivity contribution in [2.75, 3.05) is 0 Å². The lowest BCUT2D eigenvalue weighted by Gasteiger charge is -2.16. The lowest BCUT2D eigenvalue weighted by atomic mass is 9.89. The third-order valence-corrected chi connectivity index (χ3v) is 1.92. The zero-order valence-electron chi connectivity index (χ0n) is 8.43. The van der Waals surface area contributed by atoms with E-state index in [9.17, 15) is 9.50 Å². The first-order valence-corrected chi connectivity index (χ1v) is 4.33. The second-order valence-electron chi connectivity index (χ2n) is 4.06. The Kier molecular flexibility index (Phi) is 2.32. The molecule has 0 radical (unpaired) electrons. The van der Waals surface area contributed by atoms with Gasteiger partial charge in [0, 0.05) is 6.54 Å². The van der Waals surface area contributed by atoms with Gasteiger partial charge in [0.15, 0.2) is 0 Å². The Labute approximate surface area is 77.2 Å². The molecule has 1 N–H and O–H groups in total. The van der Waals surface area contributed by atoms with Gasteiger partial charge < -0.3 is 5.11 Å². The summed E-state index contributed by atoms with van der Waals surface area (Å²) >= 11 is 0. The summed E-state index contributed by atoms with van der Waals surface area (Å²) in [5.41, 5.74) is -0.129. The number of aryl methyl sites for hydroxylation is 1. The second kappa shape index (κ2) is 3.01. The van der Waals surface area contributed by atoms with E-state index in [1.54, 1.807) is 6.92 Å². The average molecular weight is 186 g/mol. The summed E-state index contributed by atoms with van der Waals surface area (Å²) in [5.74, 6) is -0.639. The Morgan fingerprint density at radius 3 is 2.23 bits per heavy atom. The maximum atomic E-state index is 13.5. The van der Waals surface area contributed by atoms with Crippen molar-refractivity contribution in [1.29, 1.82) is 0 Å². The largest absolute Gasteiger partial charge is 0.492 e. The molecule has 1 aromatic rings. The van der Waals surface area contributed by atoms with Crippen LogP contribution in [0.4, 0.5) is 4.39 Å². The molecule has 74 valence electrons. The van der Waals surface area contributed by atoms with E-state index < -0.39 is 11.4 Å². The molecular weight excluding hydrogens is 171 g/mol. The Bertz CT molecular complexity index is 312. The number of aromatic hydroxyl groups is 1. The highest BCUT2D eigenvalue weighted by atomic mass is 19.1. The first-order chi connectivity index (χ1) is 5.88. The third kappa shape index (κ3) is 1.66. The Hall–Kier alpha value is -1.06. The predicted octanol–water partition coefficient (Wildman–Crippen LogP) is 2.05. The van der Waals surface area contributed by atoms with Gasteiger partial charge in [-0.15, -0.1) is 5.10 Å². The van der Waals surface area contributed by atoms with Crippen molar-refractivity contribution in [3.63, 3.8) is 0 Å². The Balaban J connectivity index is 3.29. The molecule has 0 amide bonds. The van der Waals surface area contributed by atoms with Crippen molar-refractivity contribution in [3.05, 3.63) is 11.5 Å². The smallest absolute Gasteiger partial charge is 0.237 e. The van der Waals surface area contributed by atoms with Crippen LogP contribution in [-0.2, 0) is 12.0 Å². The Morgan fingerprint density at radius 2 is 2.00 bits per heavy atom. The normalized spacial score (nSPS) is 12.1. The summed E-state index contributed by atoms with van der Waals surface area (Å²) < 4.78 is 14.7. The van der Waals surface area contributed by atoms with Gasteiger partial charge in [-0.3, -0.25) is 0 Å². The molecule has 1 heterocycles. The van der Waals surface area contributed by atoms with Crippen LogP contribution >= 0.6 is 0 Å². The minimum absolute atomic E-state index is 0.202. The summed E-state index contributed by atoms with van der Waals surface area (Å²) in [4.78, 5) is 0. The van der Waals surface area contributed by atoms with Crippen LogP contribution in [0.1, 0.15) is 33.3 Å². The predicted molar refractivity (Wildman–Crippen MR) is 48.2 cm³/mol. The lowest BCUT2D eigenvalue weighted by molar-refractivity contribution is 0.422. The van der Waals surface area contributed by atoms with E-state index in [0.717, 1.165) is 4.68 Å². The molecule has 3 nitrogen and oxygen atoms in total. The SMILES string of the molecule is CCn1nc(O)c(C(C)(C)C)c1F. The summed E-state index contributed by atoms with van der Waals surface area (Å²) in [6.07, 6.45) is 0. The van der Waals surface area contributed by atoms with E-state index in [0.29, 0.717) is 6.54 Å². The minimum atomic E-state index is -0.437. The quantitative estimate of drug-likeness (QED) is 0.728. The molecule has 0 saturated carbocycles. The molecule has 0 spiro atoms. The summed E-state index contributed by atoms with van der Waals surface area (Å²) in [6.45, 7) is 7.73. The fourth-order valence-electron chi connectivity index (χ4n) is 1.28. The summed E-state index contributed by atoms with van der Waals surface area (Å²) in [5, 5.41) is 13.1. The molecule has 0 aliphatic rings. The molecular formula is C9H15FN2O. The van der Waals surface area contributed by atoms with Crippen LogP contribution in [-0.4, -0.2) is 14.9 Å². The number of aromatic nitrogens is 2. The molecule has 0 fully saturated rings. The second-order valence-corrected chi connectivity index (χ2v) is 4.06. The van der Waals surface area contributed by atoms with E-state index in [1.165, 1.54) is 0 Å². The molecule has 0 bridgehead atoms. The number of rotatable bonds is 1. The van der Waals surface area contributed by atoms with Crippen LogP contribution < -0.4 is 0 Å². The monoisotopic (exact) mass is 186 g/mol. The highest BCUT2D eigenvalue weighted by Gasteiger charge is 2.27. The topological polar surface area (TPSA) is 38.0 Å². The van der Waals surface area contributed by atoms with Crippen molar-refractivity contribution in [1.82, 2.24) is 9.78 Å². The first-order valence-electron chi connectivity index (χ1n) is 4.33. The fraction of sp³-hybridized carbons (Fsp3) is 0.667. The molecule has 0 saturated heterocycles. The number of nitrogens with zero attached hydrogens (tertiary/aromatic N) is 2. The molecule has 0 atom stereocenters. The van der Waals surface area contributed by atoms with Crippen LogP contribution in [0.15, 0.2) is 0 Å². The van der Waals surface area contributed by atoms with E-state index in [2.05, 4.69) is 5.10 Å². The van der Waals surface area contributed by atoms with Gasteiger partial charge in [-0.25, -0.2) is 4.68 Å². The summed E-state index contributed by atoms with van der Waals surface area (Å²) in [6, 6.07) is 0. The van der Waals surface area contributed by atoms with Crippen molar-refractivity contribution in [3.8, 4) is 5.88 Å². The summed E-state index contributed by atoms with van der Waals surface area (Å²) in [7, 11) is 0. The van der Waals surface area contributed by atoms with Crippen molar-refractivity contribution >= 4 is 0 Å². The van der Waals surface area contributed by atoms with Crippen LogP contribution in [0.25, 0.3) is 0 Å². The standard InChI is InChI=1S/C9H15FN2O/c1-5-12-7(10)6(8(13)11-12)9(2,3)4/h5H2,1-4H3,(H,11,13). The molecule has 1 aromatic heterocycles. The fourth-order valence-corrected chi connectivity index (χ4v) is 1.28. The lowest BCUT2D eigenvalue weighted by Crippen LogP contribution is -2.13. The maximum absolute atomic E-state index is 13.5. The van der Waals surface area contributed by atoms with Crippen molar-refractivity contribution < 1.29 is 9.50 Å². The first kappa shape index (κ1) is 10.0. The third-order valence-electron chi connectivity index (χ3n) is 1.92. The van der Waals surface area contributed by atoms with Gasteiger partial charge in [0.2, 0.25) is 11.8 Å². The molecule has 0 aliphatic carbocycles. The van der Waals surface area contributed by atoms with Crippen LogP contribution in [0.5, 0.6) is 5.88 Å². The van der Waals surface area contributed by atoms with Crippen molar-refractivity contribution in [2.24, 2.45) is 0 Å². The Morgan fingerprint density at radius 1 is 1.46 bits per heavy atom. The minimum Gasteiger partial charge on any atom is -0.492 e. The van der Waals surface area contributed by atoms with Crippen molar-refractivity contribution in [2.45, 2.75) is 39.7 Å². The zero-order chi connectivity index (χ0) is 10.2. The molecule has 13 heavy (non-hydrogen) atoms. The van der Waals surface area contributed by atoms with Gasteiger partial charge in [-0.2, -0.15) is 4.39 Å². The van der Waals surface area contributed by atoms with Crippen LogP contribution in [0.3, 0.4) is 0 Å². The number of hydrogen-bond donors (Lipinski definition) is 1. The molecule has 1 rings (SSSR count). The number of halogens is 1. The van der Waals surface area contributed by atoms with Gasteiger partial charge in [0.1, 0.15) is 0 Å². The highest BCUT2D eigenvalue weighted by molar-refractivity contribution is 5.30. The van der Waals surface area contributed by atoms with Gasteiger partial charge in [-0.05, 0) is 12.3 Å². The van der Waals surface area contributed by atoms with E-state index in [-0.39, 0.29) is 11.4 Å². The zero-order valence-corrected chi connectivity index (χ0v) is 8.43. The van der Waals surface area contributed by atoms with Gasteiger partial charge >= 0.3 is 0 Å². The van der Waals surface area contributed by atoms with E-state index in [4.69, 9.17) is 0 Å². The van der Waals surface area contributed by atoms with E-state index in [1.807, 2.05) is 20.8 Å². The molecule has 0 aromatic carbocycles. The van der Waals surface area contributed by atoms with Gasteiger partial charge in [0.05, 0.1) is 5.56 Å². The molecule has 0 unspecified atom stereocenters. The van der Waals surface area contributed by atoms with Gasteiger partial charge in [0.25, 0.3) is 0 Å². The maximum Gasteiger partial charge on any atom is 0.237 e. The van der Waals surface area contributed by atoms with Crippen LogP contribution in [0.2, 0.25) is 0 Å². The van der Waals surface area contributed by atoms with Crippen LogP contribution in [0, 0.1) is 5.95 Å². The highest BCUT2D eigenvalue weighted by Crippen LogP contribution is 2.31.